The molecule has 2 aromatic rings. The van der Waals surface area contributed by atoms with E-state index in [-0.39, 0.29) is 5.82 Å². The summed E-state index contributed by atoms with van der Waals surface area (Å²) in [5, 5.41) is 3.27. The second kappa shape index (κ2) is 10.9. The molecule has 168 valence electrons. The van der Waals surface area contributed by atoms with E-state index < -0.39 is 0 Å². The molecule has 1 saturated heterocycles. The second-order valence-electron chi connectivity index (χ2n) is 7.29. The summed E-state index contributed by atoms with van der Waals surface area (Å²) in [6.45, 7) is 4.63. The number of methoxy groups -OCH3 is 3. The van der Waals surface area contributed by atoms with E-state index in [0.29, 0.717) is 29.4 Å². The lowest BCUT2D eigenvalue weighted by molar-refractivity contribution is 0.172. The summed E-state index contributed by atoms with van der Waals surface area (Å²) in [5.74, 6) is 2.50. The molecular formula is C23H31FN4O3. The molecule has 0 bridgehead atoms. The Hall–Kier alpha value is -3.00. The number of nitrogens with one attached hydrogen (secondary N) is 1. The van der Waals surface area contributed by atoms with E-state index >= 15 is 0 Å². The number of ether oxygens (including phenoxy) is 3. The van der Waals surface area contributed by atoms with Gasteiger partial charge >= 0.3 is 0 Å². The highest BCUT2D eigenvalue weighted by Crippen LogP contribution is 2.38. The molecule has 0 amide bonds. The maximum atomic E-state index is 13.9. The van der Waals surface area contributed by atoms with Gasteiger partial charge in [-0.05, 0) is 23.8 Å². The van der Waals surface area contributed by atoms with Crippen molar-refractivity contribution >= 4 is 5.96 Å². The van der Waals surface area contributed by atoms with Crippen molar-refractivity contribution in [3.05, 3.63) is 53.3 Å². The molecule has 7 nitrogen and oxygen atoms in total. The highest BCUT2D eigenvalue weighted by Gasteiger charge is 2.21. The van der Waals surface area contributed by atoms with Crippen LogP contribution in [0.1, 0.15) is 11.1 Å². The summed E-state index contributed by atoms with van der Waals surface area (Å²) in [6, 6.07) is 10.8. The Labute approximate surface area is 183 Å². The van der Waals surface area contributed by atoms with Crippen LogP contribution in [-0.2, 0) is 13.1 Å². The molecule has 8 heteroatoms. The first-order chi connectivity index (χ1) is 15.1. The number of aliphatic imine (C=N–C) groups is 1. The van der Waals surface area contributed by atoms with E-state index in [1.807, 2.05) is 18.2 Å². The molecule has 1 fully saturated rings. The summed E-state index contributed by atoms with van der Waals surface area (Å²) in [4.78, 5) is 8.95. The SMILES string of the molecule is CN=C(NCc1ccccc1F)N1CCN(Cc2cc(OC)c(OC)c(OC)c2)CC1. The number of rotatable bonds is 7. The number of hydrogen-bond donors (Lipinski definition) is 1. The van der Waals surface area contributed by atoms with Gasteiger partial charge in [-0.1, -0.05) is 18.2 Å². The zero-order valence-electron chi connectivity index (χ0n) is 18.7. The molecule has 2 aromatic carbocycles. The van der Waals surface area contributed by atoms with Gasteiger partial charge in [0.2, 0.25) is 5.75 Å². The molecule has 1 N–H and O–H groups in total. The van der Waals surface area contributed by atoms with Gasteiger partial charge in [0, 0.05) is 51.9 Å². The van der Waals surface area contributed by atoms with Crippen LogP contribution in [0.3, 0.4) is 0 Å². The predicted molar refractivity (Wildman–Crippen MR) is 120 cm³/mol. The summed E-state index contributed by atoms with van der Waals surface area (Å²) in [5.41, 5.74) is 1.73. The highest BCUT2D eigenvalue weighted by molar-refractivity contribution is 5.80. The zero-order chi connectivity index (χ0) is 22.2. The number of guanidine groups is 1. The summed E-state index contributed by atoms with van der Waals surface area (Å²) in [6.07, 6.45) is 0. The fraction of sp³-hybridized carbons (Fsp3) is 0.435. The maximum Gasteiger partial charge on any atom is 0.203 e. The lowest BCUT2D eigenvalue weighted by Gasteiger charge is -2.36. The Bertz CT molecular complexity index is 873. The van der Waals surface area contributed by atoms with Crippen LogP contribution in [-0.4, -0.2) is 70.3 Å². The summed E-state index contributed by atoms with van der Waals surface area (Å²) >= 11 is 0. The van der Waals surface area contributed by atoms with Gasteiger partial charge in [0.1, 0.15) is 5.82 Å². The van der Waals surface area contributed by atoms with Crippen molar-refractivity contribution in [3.8, 4) is 17.2 Å². The maximum absolute atomic E-state index is 13.9. The molecule has 1 heterocycles. The largest absolute Gasteiger partial charge is 0.493 e. The van der Waals surface area contributed by atoms with Crippen LogP contribution < -0.4 is 19.5 Å². The van der Waals surface area contributed by atoms with Crippen molar-refractivity contribution in [1.29, 1.82) is 0 Å². The minimum absolute atomic E-state index is 0.208. The lowest BCUT2D eigenvalue weighted by Crippen LogP contribution is -2.52. The Morgan fingerprint density at radius 2 is 1.65 bits per heavy atom. The first kappa shape index (κ1) is 22.7. The topological polar surface area (TPSA) is 58.6 Å². The third-order valence-corrected chi connectivity index (χ3v) is 5.41. The summed E-state index contributed by atoms with van der Waals surface area (Å²) < 4.78 is 30.2. The lowest BCUT2D eigenvalue weighted by atomic mass is 10.1. The third-order valence-electron chi connectivity index (χ3n) is 5.41. The normalized spacial score (nSPS) is 15.0. The fourth-order valence-electron chi connectivity index (χ4n) is 3.75. The van der Waals surface area contributed by atoms with Crippen molar-refractivity contribution in [1.82, 2.24) is 15.1 Å². The van der Waals surface area contributed by atoms with Crippen LogP contribution in [0.4, 0.5) is 4.39 Å². The van der Waals surface area contributed by atoms with E-state index in [2.05, 4.69) is 20.1 Å². The highest BCUT2D eigenvalue weighted by atomic mass is 19.1. The Kier molecular flexibility index (Phi) is 7.94. The van der Waals surface area contributed by atoms with Crippen LogP contribution in [0.15, 0.2) is 41.4 Å². The number of piperazine rings is 1. The molecular weight excluding hydrogens is 399 g/mol. The molecule has 31 heavy (non-hydrogen) atoms. The van der Waals surface area contributed by atoms with E-state index in [4.69, 9.17) is 14.2 Å². The van der Waals surface area contributed by atoms with Crippen molar-refractivity contribution < 1.29 is 18.6 Å². The van der Waals surface area contributed by atoms with Crippen molar-refractivity contribution in [2.24, 2.45) is 4.99 Å². The van der Waals surface area contributed by atoms with Gasteiger partial charge in [-0.25, -0.2) is 4.39 Å². The first-order valence-corrected chi connectivity index (χ1v) is 10.3. The minimum Gasteiger partial charge on any atom is -0.493 e. The van der Waals surface area contributed by atoms with Gasteiger partial charge in [-0.15, -0.1) is 0 Å². The Balaban J connectivity index is 1.57. The smallest absolute Gasteiger partial charge is 0.203 e. The fourth-order valence-corrected chi connectivity index (χ4v) is 3.75. The summed E-state index contributed by atoms with van der Waals surface area (Å²) in [7, 11) is 6.61. The van der Waals surface area contributed by atoms with Crippen LogP contribution in [0.25, 0.3) is 0 Å². The molecule has 3 rings (SSSR count). The standard InChI is InChI=1S/C23H31FN4O3/c1-25-23(26-15-18-7-5-6-8-19(18)24)28-11-9-27(10-12-28)16-17-13-20(29-2)22(31-4)21(14-17)30-3/h5-8,13-14H,9-12,15-16H2,1-4H3,(H,25,26). The van der Waals surface area contributed by atoms with Gasteiger partial charge in [0.15, 0.2) is 17.5 Å². The average Bonchev–Trinajstić information content (AvgIpc) is 2.80. The molecule has 0 aliphatic carbocycles. The molecule has 1 aliphatic rings. The number of halogens is 1. The van der Waals surface area contributed by atoms with E-state index in [1.54, 1.807) is 40.5 Å². The van der Waals surface area contributed by atoms with Gasteiger partial charge in [-0.2, -0.15) is 0 Å². The Morgan fingerprint density at radius 1 is 1.00 bits per heavy atom. The van der Waals surface area contributed by atoms with E-state index in [1.165, 1.54) is 6.07 Å². The molecule has 0 radical (unpaired) electrons. The van der Waals surface area contributed by atoms with E-state index in [9.17, 15) is 4.39 Å². The molecule has 0 spiro atoms. The number of nitrogens with zero attached hydrogens (tertiary/aromatic N) is 3. The minimum atomic E-state index is -0.208. The van der Waals surface area contributed by atoms with Gasteiger partial charge in [0.25, 0.3) is 0 Å². The molecule has 0 unspecified atom stereocenters. The molecule has 0 atom stereocenters. The van der Waals surface area contributed by atoms with Crippen LogP contribution in [0, 0.1) is 5.82 Å². The zero-order valence-corrected chi connectivity index (χ0v) is 18.7. The predicted octanol–water partition coefficient (Wildman–Crippen LogP) is 2.74. The van der Waals surface area contributed by atoms with Crippen molar-refractivity contribution in [2.45, 2.75) is 13.1 Å². The Morgan fingerprint density at radius 3 is 2.19 bits per heavy atom. The first-order valence-electron chi connectivity index (χ1n) is 10.3. The van der Waals surface area contributed by atoms with Crippen molar-refractivity contribution in [3.63, 3.8) is 0 Å². The molecule has 0 aromatic heterocycles. The van der Waals surface area contributed by atoms with Gasteiger partial charge in [-0.3, -0.25) is 9.89 Å². The van der Waals surface area contributed by atoms with Crippen LogP contribution >= 0.6 is 0 Å². The number of hydrogen-bond acceptors (Lipinski definition) is 5. The quantitative estimate of drug-likeness (QED) is 0.539. The van der Waals surface area contributed by atoms with E-state index in [0.717, 1.165) is 44.2 Å². The molecule has 1 aliphatic heterocycles. The third kappa shape index (κ3) is 5.58. The van der Waals surface area contributed by atoms with Gasteiger partial charge in [0.05, 0.1) is 21.3 Å². The average molecular weight is 431 g/mol. The second-order valence-corrected chi connectivity index (χ2v) is 7.29. The number of benzene rings is 2. The van der Waals surface area contributed by atoms with Crippen LogP contribution in [0.5, 0.6) is 17.2 Å². The van der Waals surface area contributed by atoms with Crippen LogP contribution in [0.2, 0.25) is 0 Å². The monoisotopic (exact) mass is 430 g/mol. The molecule has 0 saturated carbocycles. The van der Waals surface area contributed by atoms with Crippen molar-refractivity contribution in [2.75, 3.05) is 54.6 Å². The van der Waals surface area contributed by atoms with Gasteiger partial charge < -0.3 is 24.4 Å².